The van der Waals surface area contributed by atoms with Crippen LogP contribution in [0.2, 0.25) is 0 Å². The highest BCUT2D eigenvalue weighted by Gasteiger charge is 2.56. The molecule has 2 rings (SSSR count). The minimum atomic E-state index is -0.713. The molecule has 2 aliphatic rings. The minimum absolute atomic E-state index is 0.0482. The molecule has 2 fully saturated rings. The first-order valence-electron chi connectivity index (χ1n) is 6.78. The number of carbonyl (C=O) groups excluding carboxylic acids is 2. The molecule has 0 aliphatic heterocycles. The smallest absolute Gasteiger partial charge is 0.235 e. The summed E-state index contributed by atoms with van der Waals surface area (Å²) in [6, 6.07) is 0.341. The number of unbranched alkanes of at least 4 members (excludes halogenated alkanes) is 2. The highest BCUT2D eigenvalue weighted by molar-refractivity contribution is 6.08. The first-order valence-corrected chi connectivity index (χ1v) is 6.78. The third-order valence-electron chi connectivity index (χ3n) is 3.60. The van der Waals surface area contributed by atoms with Crippen molar-refractivity contribution in [1.29, 1.82) is 0 Å². The van der Waals surface area contributed by atoms with Crippen LogP contribution in [0.4, 0.5) is 0 Å². The van der Waals surface area contributed by atoms with Gasteiger partial charge in [0, 0.05) is 12.6 Å². The van der Waals surface area contributed by atoms with Gasteiger partial charge in [-0.2, -0.15) is 0 Å². The fourth-order valence-electron chi connectivity index (χ4n) is 1.98. The molecule has 0 aromatic heterocycles. The van der Waals surface area contributed by atoms with Crippen LogP contribution >= 0.6 is 0 Å². The van der Waals surface area contributed by atoms with Gasteiger partial charge in [-0.25, -0.2) is 0 Å². The van der Waals surface area contributed by atoms with Crippen LogP contribution in [0, 0.1) is 5.41 Å². The van der Waals surface area contributed by atoms with E-state index in [9.17, 15) is 9.59 Å². The second kappa shape index (κ2) is 5.07. The van der Waals surface area contributed by atoms with Crippen molar-refractivity contribution in [2.75, 3.05) is 6.54 Å². The minimum Gasteiger partial charge on any atom is -0.355 e. The molecule has 4 nitrogen and oxygen atoms in total. The van der Waals surface area contributed by atoms with Crippen LogP contribution in [0.5, 0.6) is 0 Å². The van der Waals surface area contributed by atoms with Crippen molar-refractivity contribution in [1.82, 2.24) is 10.6 Å². The van der Waals surface area contributed by atoms with Crippen LogP contribution in [0.25, 0.3) is 0 Å². The monoisotopic (exact) mass is 238 g/mol. The fraction of sp³-hybridized carbons (Fsp3) is 0.846. The molecular formula is C13H22N2O2. The number of amides is 2. The second-order valence-corrected chi connectivity index (χ2v) is 5.29. The predicted octanol–water partition coefficient (Wildman–Crippen LogP) is 1.35. The molecule has 2 amide bonds. The maximum atomic E-state index is 12.0. The van der Waals surface area contributed by atoms with E-state index in [0.29, 0.717) is 25.4 Å². The van der Waals surface area contributed by atoms with Gasteiger partial charge in [-0.05, 0) is 32.1 Å². The fourth-order valence-corrected chi connectivity index (χ4v) is 1.98. The maximum absolute atomic E-state index is 12.0. The largest absolute Gasteiger partial charge is 0.355 e. The van der Waals surface area contributed by atoms with Crippen molar-refractivity contribution in [3.63, 3.8) is 0 Å². The van der Waals surface area contributed by atoms with Crippen LogP contribution in [-0.2, 0) is 9.59 Å². The van der Waals surface area contributed by atoms with Crippen molar-refractivity contribution < 1.29 is 9.59 Å². The molecular weight excluding hydrogens is 216 g/mol. The van der Waals surface area contributed by atoms with Crippen molar-refractivity contribution in [2.24, 2.45) is 5.41 Å². The Bertz CT molecular complexity index is 307. The van der Waals surface area contributed by atoms with Gasteiger partial charge in [0.15, 0.2) is 0 Å². The second-order valence-electron chi connectivity index (χ2n) is 5.29. The lowest BCUT2D eigenvalue weighted by Gasteiger charge is -2.14. The molecule has 0 radical (unpaired) electrons. The van der Waals surface area contributed by atoms with Gasteiger partial charge in [0.2, 0.25) is 11.8 Å². The molecule has 4 heteroatoms. The summed E-state index contributed by atoms with van der Waals surface area (Å²) < 4.78 is 0. The average molecular weight is 238 g/mol. The Hall–Kier alpha value is -1.06. The summed E-state index contributed by atoms with van der Waals surface area (Å²) in [5.41, 5.74) is -0.713. The Kier molecular flexibility index (Phi) is 3.69. The van der Waals surface area contributed by atoms with Crippen LogP contribution in [0.15, 0.2) is 0 Å². The quantitative estimate of drug-likeness (QED) is 0.519. The molecule has 2 saturated carbocycles. The standard InChI is InChI=1S/C13H22N2O2/c1-2-3-4-9-14-11(16)13(7-8-13)12(17)15-10-5-6-10/h10H,2-9H2,1H3,(H,14,16)(H,15,17). The third kappa shape index (κ3) is 2.99. The summed E-state index contributed by atoms with van der Waals surface area (Å²) >= 11 is 0. The normalized spacial score (nSPS) is 20.8. The Morgan fingerprint density at radius 2 is 1.88 bits per heavy atom. The van der Waals surface area contributed by atoms with Crippen molar-refractivity contribution >= 4 is 11.8 Å². The molecule has 0 heterocycles. The molecule has 0 aromatic carbocycles. The molecule has 0 bridgehead atoms. The lowest BCUT2D eigenvalue weighted by atomic mass is 10.1. The summed E-state index contributed by atoms with van der Waals surface area (Å²) in [4.78, 5) is 23.9. The zero-order valence-corrected chi connectivity index (χ0v) is 10.6. The molecule has 0 saturated heterocycles. The van der Waals surface area contributed by atoms with Gasteiger partial charge in [-0.15, -0.1) is 0 Å². The molecule has 0 spiro atoms. The zero-order valence-electron chi connectivity index (χ0n) is 10.6. The highest BCUT2D eigenvalue weighted by atomic mass is 16.2. The summed E-state index contributed by atoms with van der Waals surface area (Å²) in [5, 5.41) is 5.83. The first-order chi connectivity index (χ1) is 8.19. The number of hydrogen-bond donors (Lipinski definition) is 2. The van der Waals surface area contributed by atoms with Crippen molar-refractivity contribution in [2.45, 2.75) is 57.9 Å². The topological polar surface area (TPSA) is 58.2 Å². The molecule has 17 heavy (non-hydrogen) atoms. The summed E-state index contributed by atoms with van der Waals surface area (Å²) in [7, 11) is 0. The molecule has 2 N–H and O–H groups in total. The molecule has 0 aromatic rings. The number of carbonyl (C=O) groups is 2. The maximum Gasteiger partial charge on any atom is 0.235 e. The van der Waals surface area contributed by atoms with Gasteiger partial charge in [0.25, 0.3) is 0 Å². The van der Waals surface area contributed by atoms with Gasteiger partial charge in [0.05, 0.1) is 0 Å². The Labute approximate surface area is 103 Å². The Morgan fingerprint density at radius 3 is 2.41 bits per heavy atom. The van der Waals surface area contributed by atoms with E-state index in [2.05, 4.69) is 17.6 Å². The Morgan fingerprint density at radius 1 is 1.18 bits per heavy atom. The van der Waals surface area contributed by atoms with Crippen LogP contribution in [-0.4, -0.2) is 24.4 Å². The van der Waals surface area contributed by atoms with Gasteiger partial charge in [0.1, 0.15) is 5.41 Å². The van der Waals surface area contributed by atoms with Gasteiger partial charge in [-0.1, -0.05) is 19.8 Å². The van der Waals surface area contributed by atoms with E-state index in [0.717, 1.165) is 32.1 Å². The van der Waals surface area contributed by atoms with Crippen LogP contribution < -0.4 is 10.6 Å². The number of nitrogens with one attached hydrogen (secondary N) is 2. The number of rotatable bonds is 7. The third-order valence-corrected chi connectivity index (χ3v) is 3.60. The van der Waals surface area contributed by atoms with E-state index in [-0.39, 0.29) is 11.8 Å². The van der Waals surface area contributed by atoms with E-state index >= 15 is 0 Å². The van der Waals surface area contributed by atoms with E-state index < -0.39 is 5.41 Å². The summed E-state index contributed by atoms with van der Waals surface area (Å²) in [6.07, 6.45) is 6.84. The van der Waals surface area contributed by atoms with Gasteiger partial charge in [-0.3, -0.25) is 9.59 Å². The van der Waals surface area contributed by atoms with Gasteiger partial charge >= 0.3 is 0 Å². The average Bonchev–Trinajstić information content (AvgIpc) is 3.14. The first kappa shape index (κ1) is 12.4. The van der Waals surface area contributed by atoms with Crippen molar-refractivity contribution in [3.05, 3.63) is 0 Å². The lowest BCUT2D eigenvalue weighted by Crippen LogP contribution is -2.44. The summed E-state index contributed by atoms with van der Waals surface area (Å²) in [6.45, 7) is 2.83. The van der Waals surface area contributed by atoms with E-state index in [1.807, 2.05) is 0 Å². The summed E-state index contributed by atoms with van der Waals surface area (Å²) in [5.74, 6) is -0.111. The van der Waals surface area contributed by atoms with E-state index in [1.165, 1.54) is 0 Å². The van der Waals surface area contributed by atoms with Crippen molar-refractivity contribution in [3.8, 4) is 0 Å². The SMILES string of the molecule is CCCCCNC(=O)C1(C(=O)NC2CC2)CC1. The Balaban J connectivity index is 1.74. The molecule has 96 valence electrons. The highest BCUT2D eigenvalue weighted by Crippen LogP contribution is 2.46. The van der Waals surface area contributed by atoms with E-state index in [1.54, 1.807) is 0 Å². The molecule has 0 atom stereocenters. The van der Waals surface area contributed by atoms with Crippen LogP contribution in [0.3, 0.4) is 0 Å². The predicted molar refractivity (Wildman–Crippen MR) is 65.4 cm³/mol. The lowest BCUT2D eigenvalue weighted by molar-refractivity contribution is -0.137. The molecule has 2 aliphatic carbocycles. The van der Waals surface area contributed by atoms with Gasteiger partial charge < -0.3 is 10.6 Å². The van der Waals surface area contributed by atoms with E-state index in [4.69, 9.17) is 0 Å². The van der Waals surface area contributed by atoms with Crippen LogP contribution in [0.1, 0.15) is 51.9 Å². The zero-order chi connectivity index (χ0) is 12.3. The molecule has 0 unspecified atom stereocenters. The number of hydrogen-bond acceptors (Lipinski definition) is 2.